The first-order valence-corrected chi connectivity index (χ1v) is 5.02. The highest BCUT2D eigenvalue weighted by atomic mass is 16.1. The molecule has 1 amide bonds. The molecule has 0 spiro atoms. The SMILES string of the molecule is CCC(CCCCN(C)C)C(N)=O. The van der Waals surface area contributed by atoms with E-state index in [0.29, 0.717) is 0 Å². The Morgan fingerprint density at radius 2 is 2.00 bits per heavy atom. The predicted molar refractivity (Wildman–Crippen MR) is 55.4 cm³/mol. The van der Waals surface area contributed by atoms with Crippen LogP contribution >= 0.6 is 0 Å². The molecule has 0 saturated carbocycles. The lowest BCUT2D eigenvalue weighted by Crippen LogP contribution is -2.22. The quantitative estimate of drug-likeness (QED) is 0.608. The Bertz CT molecular complexity index is 146. The lowest BCUT2D eigenvalue weighted by Gasteiger charge is -2.12. The van der Waals surface area contributed by atoms with Crippen molar-refractivity contribution in [1.82, 2.24) is 4.90 Å². The Morgan fingerprint density at radius 1 is 1.38 bits per heavy atom. The molecule has 0 radical (unpaired) electrons. The Balaban J connectivity index is 3.44. The van der Waals surface area contributed by atoms with Crippen molar-refractivity contribution in [3.63, 3.8) is 0 Å². The van der Waals surface area contributed by atoms with Crippen LogP contribution in [0.1, 0.15) is 32.6 Å². The molecule has 1 unspecified atom stereocenters. The van der Waals surface area contributed by atoms with E-state index in [4.69, 9.17) is 5.73 Å². The van der Waals surface area contributed by atoms with Crippen LogP contribution in [-0.4, -0.2) is 31.4 Å². The van der Waals surface area contributed by atoms with Crippen LogP contribution in [0.2, 0.25) is 0 Å². The normalized spacial score (nSPS) is 13.2. The summed E-state index contributed by atoms with van der Waals surface area (Å²) in [6.07, 6.45) is 4.06. The highest BCUT2D eigenvalue weighted by Gasteiger charge is 2.11. The number of nitrogens with zero attached hydrogens (tertiary/aromatic N) is 1. The van der Waals surface area contributed by atoms with Gasteiger partial charge in [-0.2, -0.15) is 0 Å². The molecule has 2 N–H and O–H groups in total. The Morgan fingerprint density at radius 3 is 2.38 bits per heavy atom. The van der Waals surface area contributed by atoms with Gasteiger partial charge in [-0.3, -0.25) is 4.79 Å². The van der Waals surface area contributed by atoms with Crippen molar-refractivity contribution < 1.29 is 4.79 Å². The lowest BCUT2D eigenvalue weighted by molar-refractivity contribution is -0.122. The summed E-state index contributed by atoms with van der Waals surface area (Å²) in [6.45, 7) is 3.11. The van der Waals surface area contributed by atoms with Crippen molar-refractivity contribution in [3.8, 4) is 0 Å². The number of rotatable bonds is 7. The first kappa shape index (κ1) is 12.4. The van der Waals surface area contributed by atoms with Gasteiger partial charge < -0.3 is 10.6 Å². The lowest BCUT2D eigenvalue weighted by atomic mass is 9.99. The summed E-state index contributed by atoms with van der Waals surface area (Å²) in [4.78, 5) is 13.0. The van der Waals surface area contributed by atoms with Crippen molar-refractivity contribution in [2.45, 2.75) is 32.6 Å². The smallest absolute Gasteiger partial charge is 0.220 e. The summed E-state index contributed by atoms with van der Waals surface area (Å²) in [5.41, 5.74) is 5.24. The largest absolute Gasteiger partial charge is 0.369 e. The van der Waals surface area contributed by atoms with Crippen molar-refractivity contribution >= 4 is 5.91 Å². The van der Waals surface area contributed by atoms with Crippen molar-refractivity contribution in [2.24, 2.45) is 11.7 Å². The fourth-order valence-corrected chi connectivity index (χ4v) is 1.37. The van der Waals surface area contributed by atoms with Gasteiger partial charge in [0.05, 0.1) is 0 Å². The van der Waals surface area contributed by atoms with Gasteiger partial charge in [-0.15, -0.1) is 0 Å². The van der Waals surface area contributed by atoms with Gasteiger partial charge in [-0.25, -0.2) is 0 Å². The molecule has 0 bridgehead atoms. The van der Waals surface area contributed by atoms with E-state index in [2.05, 4.69) is 19.0 Å². The summed E-state index contributed by atoms with van der Waals surface area (Å²) < 4.78 is 0. The second-order valence-electron chi connectivity index (χ2n) is 3.81. The number of carbonyl (C=O) groups excluding carboxylic acids is 1. The molecule has 0 aromatic rings. The minimum Gasteiger partial charge on any atom is -0.369 e. The van der Waals surface area contributed by atoms with E-state index in [9.17, 15) is 4.79 Å². The molecule has 13 heavy (non-hydrogen) atoms. The van der Waals surface area contributed by atoms with Crippen LogP contribution in [0.15, 0.2) is 0 Å². The van der Waals surface area contributed by atoms with Crippen LogP contribution in [0, 0.1) is 5.92 Å². The third kappa shape index (κ3) is 6.58. The van der Waals surface area contributed by atoms with E-state index in [-0.39, 0.29) is 11.8 Å². The van der Waals surface area contributed by atoms with Gasteiger partial charge in [0.25, 0.3) is 0 Å². The molecule has 0 aliphatic heterocycles. The molecule has 1 atom stereocenters. The molecule has 0 rings (SSSR count). The highest BCUT2D eigenvalue weighted by Crippen LogP contribution is 2.11. The zero-order valence-electron chi connectivity index (χ0n) is 9.05. The van der Waals surface area contributed by atoms with Crippen molar-refractivity contribution in [1.29, 1.82) is 0 Å². The molecule has 0 aliphatic carbocycles. The van der Waals surface area contributed by atoms with Crippen LogP contribution in [0.25, 0.3) is 0 Å². The number of carbonyl (C=O) groups is 1. The van der Waals surface area contributed by atoms with E-state index in [1.165, 1.54) is 0 Å². The Kier molecular flexibility index (Phi) is 6.59. The second kappa shape index (κ2) is 6.89. The molecule has 0 aromatic heterocycles. The maximum atomic E-state index is 10.9. The number of amides is 1. The summed E-state index contributed by atoms with van der Waals surface area (Å²) in [5, 5.41) is 0. The number of hydrogen-bond donors (Lipinski definition) is 1. The standard InChI is InChI=1S/C10H22N2O/c1-4-9(10(11)13)7-5-6-8-12(2)3/h9H,4-8H2,1-3H3,(H2,11,13). The topological polar surface area (TPSA) is 46.3 Å². The second-order valence-corrected chi connectivity index (χ2v) is 3.81. The van der Waals surface area contributed by atoms with Gasteiger partial charge in [0.1, 0.15) is 0 Å². The van der Waals surface area contributed by atoms with Gasteiger partial charge >= 0.3 is 0 Å². The van der Waals surface area contributed by atoms with Crippen LogP contribution in [0.5, 0.6) is 0 Å². The van der Waals surface area contributed by atoms with E-state index in [1.807, 2.05) is 6.92 Å². The molecule has 0 heterocycles. The zero-order chi connectivity index (χ0) is 10.3. The molecule has 3 nitrogen and oxygen atoms in total. The summed E-state index contributed by atoms with van der Waals surface area (Å²) in [7, 11) is 4.12. The Hall–Kier alpha value is -0.570. The molecule has 3 heteroatoms. The molecule has 0 fully saturated rings. The van der Waals surface area contributed by atoms with Gasteiger partial charge in [-0.1, -0.05) is 13.3 Å². The van der Waals surface area contributed by atoms with Gasteiger partial charge in [-0.05, 0) is 39.9 Å². The molecular formula is C10H22N2O. The summed E-state index contributed by atoms with van der Waals surface area (Å²) in [5.74, 6) is -0.0606. The monoisotopic (exact) mass is 186 g/mol. The highest BCUT2D eigenvalue weighted by molar-refractivity contribution is 5.76. The minimum absolute atomic E-state index is 0.0853. The average molecular weight is 186 g/mol. The van der Waals surface area contributed by atoms with E-state index < -0.39 is 0 Å². The van der Waals surface area contributed by atoms with Crippen molar-refractivity contribution in [3.05, 3.63) is 0 Å². The summed E-state index contributed by atoms with van der Waals surface area (Å²) in [6, 6.07) is 0. The number of unbranched alkanes of at least 4 members (excludes halogenated alkanes) is 1. The Labute approximate surface area is 81.3 Å². The number of nitrogens with two attached hydrogens (primary N) is 1. The predicted octanol–water partition coefficient (Wildman–Crippen LogP) is 1.23. The van der Waals surface area contributed by atoms with E-state index >= 15 is 0 Å². The van der Waals surface area contributed by atoms with Gasteiger partial charge in [0.15, 0.2) is 0 Å². The van der Waals surface area contributed by atoms with Crippen LogP contribution < -0.4 is 5.73 Å². The van der Waals surface area contributed by atoms with Gasteiger partial charge in [0, 0.05) is 5.92 Å². The molecule has 0 aromatic carbocycles. The van der Waals surface area contributed by atoms with Gasteiger partial charge in [0.2, 0.25) is 5.91 Å². The first-order valence-electron chi connectivity index (χ1n) is 5.02. The fourth-order valence-electron chi connectivity index (χ4n) is 1.37. The van der Waals surface area contributed by atoms with E-state index in [0.717, 1.165) is 32.2 Å². The zero-order valence-corrected chi connectivity index (χ0v) is 9.05. The molecule has 78 valence electrons. The third-order valence-corrected chi connectivity index (χ3v) is 2.30. The first-order chi connectivity index (χ1) is 6.07. The van der Waals surface area contributed by atoms with E-state index in [1.54, 1.807) is 0 Å². The molecule has 0 saturated heterocycles. The maximum Gasteiger partial charge on any atom is 0.220 e. The molecular weight excluding hydrogens is 164 g/mol. The minimum atomic E-state index is -0.146. The number of hydrogen-bond acceptors (Lipinski definition) is 2. The maximum absolute atomic E-state index is 10.9. The van der Waals surface area contributed by atoms with Crippen LogP contribution in [0.4, 0.5) is 0 Å². The van der Waals surface area contributed by atoms with Crippen molar-refractivity contribution in [2.75, 3.05) is 20.6 Å². The number of primary amides is 1. The third-order valence-electron chi connectivity index (χ3n) is 2.30. The summed E-state index contributed by atoms with van der Waals surface area (Å²) >= 11 is 0. The fraction of sp³-hybridized carbons (Fsp3) is 0.900. The molecule has 0 aliphatic rings. The van der Waals surface area contributed by atoms with Crippen LogP contribution in [0.3, 0.4) is 0 Å². The van der Waals surface area contributed by atoms with Crippen LogP contribution in [-0.2, 0) is 4.79 Å². The average Bonchev–Trinajstić information content (AvgIpc) is 2.03.